The van der Waals surface area contributed by atoms with E-state index in [4.69, 9.17) is 14.2 Å². The third-order valence-corrected chi connectivity index (χ3v) is 3.16. The van der Waals surface area contributed by atoms with Crippen molar-refractivity contribution < 1.29 is 19.0 Å². The first kappa shape index (κ1) is 15.6. The second-order valence-corrected chi connectivity index (χ2v) is 4.67. The van der Waals surface area contributed by atoms with Gasteiger partial charge in [0, 0.05) is 25.3 Å². The molecule has 0 radical (unpaired) electrons. The lowest BCUT2D eigenvalue weighted by molar-refractivity contribution is 0.0322. The second-order valence-electron chi connectivity index (χ2n) is 4.67. The summed E-state index contributed by atoms with van der Waals surface area (Å²) in [5.74, 6) is 0.790. The first-order valence-corrected chi connectivity index (χ1v) is 7.24. The van der Waals surface area contributed by atoms with Crippen molar-refractivity contribution in [2.24, 2.45) is 0 Å². The van der Waals surface area contributed by atoms with Crippen LogP contribution in [0.1, 0.15) is 6.92 Å². The summed E-state index contributed by atoms with van der Waals surface area (Å²) in [5, 5.41) is 2.64. The second kappa shape index (κ2) is 8.49. The zero-order valence-corrected chi connectivity index (χ0v) is 12.3. The molecule has 0 atom stereocenters. The molecule has 0 bridgehead atoms. The normalized spacial score (nSPS) is 15.5. The Hall–Kier alpha value is -1.79. The molecule has 1 heterocycles. The predicted molar refractivity (Wildman–Crippen MR) is 79.8 cm³/mol. The molecule has 21 heavy (non-hydrogen) atoms. The Balaban J connectivity index is 1.70. The predicted octanol–water partition coefficient (Wildman–Crippen LogP) is 1.97. The summed E-state index contributed by atoms with van der Waals surface area (Å²) in [6.07, 6.45) is -0.446. The van der Waals surface area contributed by atoms with Crippen molar-refractivity contribution in [3.05, 3.63) is 24.3 Å². The van der Waals surface area contributed by atoms with E-state index in [1.807, 2.05) is 12.1 Å². The van der Waals surface area contributed by atoms with Gasteiger partial charge in [-0.3, -0.25) is 10.2 Å². The van der Waals surface area contributed by atoms with E-state index < -0.39 is 6.09 Å². The number of carbonyl (C=O) groups excluding carboxylic acids is 1. The minimum atomic E-state index is -0.446. The maximum atomic E-state index is 11.3. The molecule has 1 aliphatic rings. The highest BCUT2D eigenvalue weighted by molar-refractivity contribution is 5.84. The number of amides is 1. The minimum Gasteiger partial charge on any atom is -0.492 e. The van der Waals surface area contributed by atoms with E-state index in [1.54, 1.807) is 19.1 Å². The molecule has 6 heteroatoms. The number of rotatable bonds is 6. The molecular weight excluding hydrogens is 272 g/mol. The molecule has 2 rings (SSSR count). The number of benzene rings is 1. The molecule has 0 spiro atoms. The number of carbonyl (C=O) groups is 1. The summed E-state index contributed by atoms with van der Waals surface area (Å²) in [4.78, 5) is 13.6. The number of ether oxygens (including phenoxy) is 3. The Morgan fingerprint density at radius 2 is 2.00 bits per heavy atom. The van der Waals surface area contributed by atoms with Gasteiger partial charge in [-0.1, -0.05) is 0 Å². The topological polar surface area (TPSA) is 60.0 Å². The summed E-state index contributed by atoms with van der Waals surface area (Å²) in [6.45, 7) is 7.19. The van der Waals surface area contributed by atoms with Crippen LogP contribution in [0.4, 0.5) is 10.5 Å². The van der Waals surface area contributed by atoms with Gasteiger partial charge in [0.1, 0.15) is 12.4 Å². The molecule has 1 N–H and O–H groups in total. The van der Waals surface area contributed by atoms with Gasteiger partial charge in [0.05, 0.1) is 19.8 Å². The van der Waals surface area contributed by atoms with Crippen molar-refractivity contribution in [3.63, 3.8) is 0 Å². The maximum absolute atomic E-state index is 11.3. The third-order valence-electron chi connectivity index (χ3n) is 3.16. The van der Waals surface area contributed by atoms with Crippen LogP contribution in [0.15, 0.2) is 24.3 Å². The van der Waals surface area contributed by atoms with Gasteiger partial charge in [0.15, 0.2) is 0 Å². The monoisotopic (exact) mass is 294 g/mol. The molecule has 1 saturated heterocycles. The summed E-state index contributed by atoms with van der Waals surface area (Å²) in [5.41, 5.74) is 0.689. The van der Waals surface area contributed by atoms with Gasteiger partial charge >= 0.3 is 6.09 Å². The molecular formula is C15H22N2O4. The Bertz CT molecular complexity index is 430. The summed E-state index contributed by atoms with van der Waals surface area (Å²) in [7, 11) is 0. The summed E-state index contributed by atoms with van der Waals surface area (Å²) >= 11 is 0. The van der Waals surface area contributed by atoms with E-state index in [0.29, 0.717) is 18.9 Å². The fourth-order valence-corrected chi connectivity index (χ4v) is 2.04. The summed E-state index contributed by atoms with van der Waals surface area (Å²) in [6, 6.07) is 7.25. The SMILES string of the molecule is CCOC(=O)Nc1ccc(OCCN2CCOCC2)cc1. The van der Waals surface area contributed by atoms with Crippen LogP contribution >= 0.6 is 0 Å². The van der Waals surface area contributed by atoms with Crippen molar-refractivity contribution in [1.29, 1.82) is 0 Å². The molecule has 1 aromatic carbocycles. The first-order valence-electron chi connectivity index (χ1n) is 7.24. The quantitative estimate of drug-likeness (QED) is 0.869. The van der Waals surface area contributed by atoms with Crippen molar-refractivity contribution >= 4 is 11.8 Å². The van der Waals surface area contributed by atoms with Crippen LogP contribution in [-0.2, 0) is 9.47 Å². The van der Waals surface area contributed by atoms with Gasteiger partial charge < -0.3 is 14.2 Å². The average Bonchev–Trinajstić information content (AvgIpc) is 2.50. The molecule has 0 unspecified atom stereocenters. The number of anilines is 1. The lowest BCUT2D eigenvalue weighted by Gasteiger charge is -2.26. The van der Waals surface area contributed by atoms with E-state index in [9.17, 15) is 4.79 Å². The molecule has 0 aliphatic carbocycles. The third kappa shape index (κ3) is 5.61. The highest BCUT2D eigenvalue weighted by Gasteiger charge is 2.09. The molecule has 1 amide bonds. The molecule has 1 aromatic rings. The van der Waals surface area contributed by atoms with Crippen molar-refractivity contribution in [3.8, 4) is 5.75 Å². The Morgan fingerprint density at radius 3 is 2.67 bits per heavy atom. The van der Waals surface area contributed by atoms with Crippen molar-refractivity contribution in [2.75, 3.05) is 51.4 Å². The number of nitrogens with one attached hydrogen (secondary N) is 1. The van der Waals surface area contributed by atoms with Gasteiger partial charge in [-0.15, -0.1) is 0 Å². The molecule has 1 fully saturated rings. The van der Waals surface area contributed by atoms with Gasteiger partial charge in [0.2, 0.25) is 0 Å². The van der Waals surface area contributed by atoms with Gasteiger partial charge in [-0.05, 0) is 31.2 Å². The number of hydrogen-bond donors (Lipinski definition) is 1. The van der Waals surface area contributed by atoms with Crippen LogP contribution in [0.2, 0.25) is 0 Å². The van der Waals surface area contributed by atoms with Gasteiger partial charge in [-0.2, -0.15) is 0 Å². The Kier molecular flexibility index (Phi) is 6.30. The highest BCUT2D eigenvalue weighted by atomic mass is 16.5. The number of nitrogens with zero attached hydrogens (tertiary/aromatic N) is 1. The van der Waals surface area contributed by atoms with Crippen LogP contribution < -0.4 is 10.1 Å². The lowest BCUT2D eigenvalue weighted by atomic mass is 10.3. The standard InChI is InChI=1S/C15H22N2O4/c1-2-20-15(18)16-13-3-5-14(6-4-13)21-12-9-17-7-10-19-11-8-17/h3-6H,2,7-12H2,1H3,(H,16,18). The van der Waals surface area contributed by atoms with Crippen molar-refractivity contribution in [1.82, 2.24) is 4.90 Å². The molecule has 1 aliphatic heterocycles. The van der Waals surface area contributed by atoms with E-state index in [0.717, 1.165) is 38.6 Å². The fraction of sp³-hybridized carbons (Fsp3) is 0.533. The molecule has 0 aromatic heterocycles. The maximum Gasteiger partial charge on any atom is 0.411 e. The van der Waals surface area contributed by atoms with Crippen LogP contribution in [0.3, 0.4) is 0 Å². The van der Waals surface area contributed by atoms with Crippen LogP contribution in [0.25, 0.3) is 0 Å². The van der Waals surface area contributed by atoms with Crippen LogP contribution in [0.5, 0.6) is 5.75 Å². The zero-order chi connectivity index (χ0) is 14.9. The Labute approximate surface area is 125 Å². The lowest BCUT2D eigenvalue weighted by Crippen LogP contribution is -2.38. The van der Waals surface area contributed by atoms with Crippen molar-refractivity contribution in [2.45, 2.75) is 6.92 Å². The zero-order valence-electron chi connectivity index (χ0n) is 12.3. The van der Waals surface area contributed by atoms with Crippen LogP contribution in [0, 0.1) is 0 Å². The Morgan fingerprint density at radius 1 is 1.29 bits per heavy atom. The van der Waals surface area contributed by atoms with E-state index >= 15 is 0 Å². The molecule has 116 valence electrons. The highest BCUT2D eigenvalue weighted by Crippen LogP contribution is 2.15. The van der Waals surface area contributed by atoms with Crippen LogP contribution in [-0.4, -0.2) is 57.1 Å². The van der Waals surface area contributed by atoms with E-state index in [1.165, 1.54) is 0 Å². The fourth-order valence-electron chi connectivity index (χ4n) is 2.04. The average molecular weight is 294 g/mol. The number of morpholine rings is 1. The largest absolute Gasteiger partial charge is 0.492 e. The van der Waals surface area contributed by atoms with Gasteiger partial charge in [-0.25, -0.2) is 4.79 Å². The van der Waals surface area contributed by atoms with E-state index in [2.05, 4.69) is 10.2 Å². The first-order chi connectivity index (χ1) is 10.3. The van der Waals surface area contributed by atoms with E-state index in [-0.39, 0.29) is 0 Å². The minimum absolute atomic E-state index is 0.356. The molecule has 6 nitrogen and oxygen atoms in total. The summed E-state index contributed by atoms with van der Waals surface area (Å²) < 4.78 is 15.8. The van der Waals surface area contributed by atoms with Gasteiger partial charge in [0.25, 0.3) is 0 Å². The number of hydrogen-bond acceptors (Lipinski definition) is 5. The smallest absolute Gasteiger partial charge is 0.411 e. The molecule has 0 saturated carbocycles.